The molecule has 0 aliphatic carbocycles. The molecule has 0 amide bonds. The van der Waals surface area contributed by atoms with Crippen LogP contribution in [0.2, 0.25) is 0 Å². The Hall–Kier alpha value is -1.84. The van der Waals surface area contributed by atoms with Crippen LogP contribution in [0.25, 0.3) is 11.4 Å². The molecule has 1 heterocycles. The van der Waals surface area contributed by atoms with Crippen LogP contribution >= 0.6 is 24.0 Å². The van der Waals surface area contributed by atoms with Crippen molar-refractivity contribution >= 4 is 29.9 Å². The number of ether oxygens (including phenoxy) is 1. The average molecular weight is 459 g/mol. The van der Waals surface area contributed by atoms with Crippen LogP contribution in [-0.2, 0) is 6.42 Å². The maximum absolute atomic E-state index is 5.32. The van der Waals surface area contributed by atoms with E-state index in [4.69, 9.17) is 9.26 Å². The second-order valence-electron chi connectivity index (χ2n) is 5.30. The van der Waals surface area contributed by atoms with Gasteiger partial charge in [0.05, 0.1) is 7.11 Å². The highest BCUT2D eigenvalue weighted by atomic mass is 127. The maximum atomic E-state index is 5.32. The number of unbranched alkanes of at least 4 members (excludes halogenated alkanes) is 2. The second kappa shape index (κ2) is 11.7. The van der Waals surface area contributed by atoms with Crippen LogP contribution in [0.4, 0.5) is 0 Å². The summed E-state index contributed by atoms with van der Waals surface area (Å²) >= 11 is 0. The van der Waals surface area contributed by atoms with E-state index in [-0.39, 0.29) is 24.0 Å². The number of guanidine groups is 1. The van der Waals surface area contributed by atoms with Crippen molar-refractivity contribution < 1.29 is 9.26 Å². The number of nitrogens with one attached hydrogen (secondary N) is 2. The van der Waals surface area contributed by atoms with Crippen LogP contribution in [-0.4, -0.2) is 43.9 Å². The van der Waals surface area contributed by atoms with Crippen molar-refractivity contribution in [1.29, 1.82) is 0 Å². The first-order chi connectivity index (χ1) is 11.8. The first-order valence-corrected chi connectivity index (χ1v) is 8.12. The molecule has 0 atom stereocenters. The van der Waals surface area contributed by atoms with Gasteiger partial charge in [-0.25, -0.2) is 0 Å². The number of benzene rings is 1. The van der Waals surface area contributed by atoms with Crippen LogP contribution in [0.1, 0.15) is 25.2 Å². The molecule has 7 nitrogen and oxygen atoms in total. The zero-order chi connectivity index (χ0) is 17.2. The highest BCUT2D eigenvalue weighted by Gasteiger charge is 2.08. The Morgan fingerprint density at radius 1 is 1.20 bits per heavy atom. The fourth-order valence-electron chi connectivity index (χ4n) is 2.28. The molecule has 0 unspecified atom stereocenters. The number of aromatic nitrogens is 2. The number of hydrogen-bond acceptors (Lipinski definition) is 5. The number of halogens is 1. The summed E-state index contributed by atoms with van der Waals surface area (Å²) in [7, 11) is 5.26. The van der Waals surface area contributed by atoms with Crippen molar-refractivity contribution in [3.05, 3.63) is 30.2 Å². The quantitative estimate of drug-likeness (QED) is 0.274. The Bertz CT molecular complexity index is 643. The zero-order valence-corrected chi connectivity index (χ0v) is 17.2. The molecule has 0 spiro atoms. The molecule has 0 bridgehead atoms. The Morgan fingerprint density at radius 3 is 2.60 bits per heavy atom. The summed E-state index contributed by atoms with van der Waals surface area (Å²) in [4.78, 5) is 8.51. The van der Waals surface area contributed by atoms with E-state index >= 15 is 0 Å². The molecule has 1 aromatic carbocycles. The largest absolute Gasteiger partial charge is 0.497 e. The lowest BCUT2D eigenvalue weighted by Gasteiger charge is -2.07. The Morgan fingerprint density at radius 2 is 1.96 bits per heavy atom. The zero-order valence-electron chi connectivity index (χ0n) is 14.9. The van der Waals surface area contributed by atoms with Crippen LogP contribution in [0.3, 0.4) is 0 Å². The fourth-order valence-corrected chi connectivity index (χ4v) is 2.28. The van der Waals surface area contributed by atoms with Gasteiger partial charge in [-0.15, -0.1) is 24.0 Å². The fraction of sp³-hybridized carbons (Fsp3) is 0.471. The van der Waals surface area contributed by atoms with Crippen LogP contribution < -0.4 is 15.4 Å². The molecule has 0 fully saturated rings. The van der Waals surface area contributed by atoms with Crippen molar-refractivity contribution in [2.75, 3.05) is 27.7 Å². The van der Waals surface area contributed by atoms with Gasteiger partial charge in [0.15, 0.2) is 5.96 Å². The Labute approximate surface area is 165 Å². The highest BCUT2D eigenvalue weighted by Crippen LogP contribution is 2.20. The van der Waals surface area contributed by atoms with Crippen LogP contribution in [0.15, 0.2) is 33.8 Å². The second-order valence-corrected chi connectivity index (χ2v) is 5.30. The summed E-state index contributed by atoms with van der Waals surface area (Å²) in [5, 5.41) is 10.3. The van der Waals surface area contributed by atoms with Gasteiger partial charge in [-0.2, -0.15) is 4.98 Å². The molecular weight excluding hydrogens is 433 g/mol. The van der Waals surface area contributed by atoms with Crippen molar-refractivity contribution in [2.24, 2.45) is 4.99 Å². The monoisotopic (exact) mass is 459 g/mol. The third kappa shape index (κ3) is 6.89. The predicted molar refractivity (Wildman–Crippen MR) is 110 cm³/mol. The molecular formula is C17H26IN5O2. The molecule has 8 heteroatoms. The van der Waals surface area contributed by atoms with Crippen LogP contribution in [0, 0.1) is 0 Å². The maximum Gasteiger partial charge on any atom is 0.226 e. The highest BCUT2D eigenvalue weighted by molar-refractivity contribution is 14.0. The summed E-state index contributed by atoms with van der Waals surface area (Å²) in [5.74, 6) is 2.92. The smallest absolute Gasteiger partial charge is 0.226 e. The van der Waals surface area contributed by atoms with Gasteiger partial charge in [0.1, 0.15) is 5.75 Å². The van der Waals surface area contributed by atoms with Gasteiger partial charge >= 0.3 is 0 Å². The van der Waals surface area contributed by atoms with Crippen LogP contribution in [0.5, 0.6) is 5.75 Å². The molecule has 0 aliphatic heterocycles. The van der Waals surface area contributed by atoms with Crippen molar-refractivity contribution in [1.82, 2.24) is 20.8 Å². The third-order valence-corrected chi connectivity index (χ3v) is 3.64. The third-order valence-electron chi connectivity index (χ3n) is 3.64. The van der Waals surface area contributed by atoms with E-state index in [1.54, 1.807) is 14.2 Å². The average Bonchev–Trinajstić information content (AvgIpc) is 3.10. The SMILES string of the molecule is CN=C(NC)NCCCCCc1nc(-c2ccc(OC)cc2)no1.I. The van der Waals surface area contributed by atoms with E-state index < -0.39 is 0 Å². The van der Waals surface area contributed by atoms with Gasteiger partial charge in [0, 0.05) is 32.6 Å². The number of aliphatic imine (C=N–C) groups is 1. The lowest BCUT2D eigenvalue weighted by atomic mass is 10.2. The van der Waals surface area contributed by atoms with Gasteiger partial charge in [0.25, 0.3) is 0 Å². The minimum Gasteiger partial charge on any atom is -0.497 e. The molecule has 0 saturated carbocycles. The molecule has 0 aliphatic rings. The van der Waals surface area contributed by atoms with Gasteiger partial charge < -0.3 is 19.9 Å². The van der Waals surface area contributed by atoms with E-state index in [0.29, 0.717) is 11.7 Å². The molecule has 2 rings (SSSR count). The van der Waals surface area contributed by atoms with Gasteiger partial charge in [-0.05, 0) is 37.1 Å². The standard InChI is InChI=1S/C17H25N5O2.HI/c1-18-17(19-2)20-12-6-4-5-7-15-21-16(22-24-15)13-8-10-14(23-3)11-9-13;/h8-11H,4-7,12H2,1-3H3,(H2,18,19,20);1H. The van der Waals surface area contributed by atoms with Gasteiger partial charge in [0.2, 0.25) is 11.7 Å². The lowest BCUT2D eigenvalue weighted by molar-refractivity contribution is 0.374. The minimum absolute atomic E-state index is 0. The summed E-state index contributed by atoms with van der Waals surface area (Å²) < 4.78 is 10.5. The van der Waals surface area contributed by atoms with E-state index in [2.05, 4.69) is 25.8 Å². The molecule has 2 N–H and O–H groups in total. The van der Waals surface area contributed by atoms with Crippen molar-refractivity contribution in [3.8, 4) is 17.1 Å². The minimum atomic E-state index is 0. The van der Waals surface area contributed by atoms with Gasteiger partial charge in [-0.1, -0.05) is 11.6 Å². The summed E-state index contributed by atoms with van der Waals surface area (Å²) in [6.45, 7) is 0.897. The molecule has 138 valence electrons. The number of nitrogens with zero attached hydrogens (tertiary/aromatic N) is 3. The normalized spacial score (nSPS) is 10.9. The number of hydrogen-bond donors (Lipinski definition) is 2. The lowest BCUT2D eigenvalue weighted by Crippen LogP contribution is -2.35. The Balaban J connectivity index is 0.00000312. The van der Waals surface area contributed by atoms with E-state index in [1.165, 1.54) is 0 Å². The molecule has 2 aromatic rings. The number of methoxy groups -OCH3 is 1. The first-order valence-electron chi connectivity index (χ1n) is 8.12. The van der Waals surface area contributed by atoms with Crippen molar-refractivity contribution in [3.63, 3.8) is 0 Å². The van der Waals surface area contributed by atoms with Crippen molar-refractivity contribution in [2.45, 2.75) is 25.7 Å². The molecule has 0 saturated heterocycles. The topological polar surface area (TPSA) is 84.6 Å². The van der Waals surface area contributed by atoms with E-state index in [0.717, 1.165) is 49.5 Å². The van der Waals surface area contributed by atoms with E-state index in [9.17, 15) is 0 Å². The molecule has 0 radical (unpaired) electrons. The summed E-state index contributed by atoms with van der Waals surface area (Å²) in [6, 6.07) is 7.62. The molecule has 25 heavy (non-hydrogen) atoms. The predicted octanol–water partition coefficient (Wildman–Crippen LogP) is 2.87. The Kier molecular flexibility index (Phi) is 9.90. The number of rotatable bonds is 8. The summed E-state index contributed by atoms with van der Waals surface area (Å²) in [6.07, 6.45) is 3.97. The molecule has 1 aromatic heterocycles. The number of aryl methyl sites for hydroxylation is 1. The first kappa shape index (κ1) is 21.2. The van der Waals surface area contributed by atoms with Gasteiger partial charge in [-0.3, -0.25) is 4.99 Å². The van der Waals surface area contributed by atoms with E-state index in [1.807, 2.05) is 31.3 Å². The summed E-state index contributed by atoms with van der Waals surface area (Å²) in [5.41, 5.74) is 0.924.